The zero-order valence-corrected chi connectivity index (χ0v) is 21.9. The van der Waals surface area contributed by atoms with Crippen molar-refractivity contribution in [3.8, 4) is 23.0 Å². The Morgan fingerprint density at radius 1 is 1.05 bits per heavy atom. The number of aromatic nitrogens is 1. The van der Waals surface area contributed by atoms with E-state index in [1.807, 2.05) is 30.5 Å². The second-order valence-electron chi connectivity index (χ2n) is 9.23. The number of ketones is 1. The molecule has 0 spiro atoms. The molecule has 0 saturated heterocycles. The molecule has 3 aromatic carbocycles. The Labute approximate surface area is 225 Å². The maximum Gasteiger partial charge on any atom is 0.241 e. The van der Waals surface area contributed by atoms with Crippen LogP contribution in [0.3, 0.4) is 0 Å². The molecule has 1 aliphatic heterocycles. The number of carbonyl (C=O) groups is 2. The number of ether oxygens (including phenoxy) is 4. The van der Waals surface area contributed by atoms with Crippen LogP contribution in [0.5, 0.6) is 23.0 Å². The van der Waals surface area contributed by atoms with Gasteiger partial charge in [-0.2, -0.15) is 0 Å². The first-order chi connectivity index (χ1) is 18.9. The quantitative estimate of drug-likeness (QED) is 0.213. The molecule has 0 fully saturated rings. The van der Waals surface area contributed by atoms with Crippen LogP contribution in [0.4, 0.5) is 5.69 Å². The van der Waals surface area contributed by atoms with Crippen molar-refractivity contribution < 1.29 is 28.5 Å². The van der Waals surface area contributed by atoms with Gasteiger partial charge in [0.15, 0.2) is 17.3 Å². The number of anilines is 1. The molecule has 1 amide bonds. The number of hydrogen-bond donors (Lipinski definition) is 3. The highest BCUT2D eigenvalue weighted by atomic mass is 16.7. The SMILES string of the molecule is COc1ccc(C=C(C)C(=O)c2cc(OC)c3c(c2)OCO3)cc1NC(=O)C(N)Cc1ccc2[nH]ccc2c1. The maximum absolute atomic E-state index is 13.2. The molecule has 1 unspecified atom stereocenters. The van der Waals surface area contributed by atoms with Gasteiger partial charge in [-0.15, -0.1) is 0 Å². The van der Waals surface area contributed by atoms with E-state index in [2.05, 4.69) is 10.3 Å². The van der Waals surface area contributed by atoms with Crippen LogP contribution >= 0.6 is 0 Å². The van der Waals surface area contributed by atoms with E-state index in [1.54, 1.807) is 43.3 Å². The van der Waals surface area contributed by atoms with Crippen LogP contribution in [-0.2, 0) is 11.2 Å². The van der Waals surface area contributed by atoms with Gasteiger partial charge in [-0.25, -0.2) is 0 Å². The number of carbonyl (C=O) groups excluding carboxylic acids is 2. The number of allylic oxidation sites excluding steroid dienone is 1. The smallest absolute Gasteiger partial charge is 0.241 e. The summed E-state index contributed by atoms with van der Waals surface area (Å²) in [5, 5.41) is 3.94. The van der Waals surface area contributed by atoms with Gasteiger partial charge in [0, 0.05) is 17.3 Å². The molecule has 0 radical (unpaired) electrons. The Bertz CT molecular complexity index is 1590. The minimum absolute atomic E-state index is 0.0737. The van der Waals surface area contributed by atoms with Gasteiger partial charge >= 0.3 is 0 Å². The summed E-state index contributed by atoms with van der Waals surface area (Å²) in [4.78, 5) is 29.3. The summed E-state index contributed by atoms with van der Waals surface area (Å²) >= 11 is 0. The Morgan fingerprint density at radius 3 is 2.67 bits per heavy atom. The summed E-state index contributed by atoms with van der Waals surface area (Å²) < 4.78 is 21.6. The number of Topliss-reactive ketones (excluding diaryl/α,β-unsaturated/α-hetero) is 1. The number of H-pyrrole nitrogens is 1. The highest BCUT2D eigenvalue weighted by Crippen LogP contribution is 2.42. The van der Waals surface area contributed by atoms with Gasteiger partial charge < -0.3 is 35.0 Å². The first-order valence-electron chi connectivity index (χ1n) is 12.4. The molecule has 0 aliphatic carbocycles. The van der Waals surface area contributed by atoms with E-state index in [4.69, 9.17) is 24.7 Å². The minimum Gasteiger partial charge on any atom is -0.495 e. The number of benzene rings is 3. The molecule has 0 bridgehead atoms. The highest BCUT2D eigenvalue weighted by molar-refractivity contribution is 6.11. The van der Waals surface area contributed by atoms with Gasteiger partial charge in [0.05, 0.1) is 25.9 Å². The van der Waals surface area contributed by atoms with Crippen LogP contribution < -0.4 is 30.0 Å². The molecule has 4 aromatic rings. The van der Waals surface area contributed by atoms with Gasteiger partial charge in [0.2, 0.25) is 18.4 Å². The number of rotatable bonds is 9. The highest BCUT2D eigenvalue weighted by Gasteiger charge is 2.23. The molecule has 1 aromatic heterocycles. The Kier molecular flexibility index (Phi) is 7.25. The standard InChI is InChI=1S/C30H29N3O6/c1-17(28(34)21-14-26(37-3)29-27(15-21)38-16-39-29)10-18-5-7-25(36-2)24(13-18)33-30(35)22(31)12-19-4-6-23-20(11-19)8-9-32-23/h4-11,13-15,22,32H,12,16,31H2,1-3H3,(H,33,35). The largest absolute Gasteiger partial charge is 0.495 e. The molecule has 5 rings (SSSR count). The van der Waals surface area contributed by atoms with Crippen molar-refractivity contribution in [1.82, 2.24) is 4.98 Å². The van der Waals surface area contributed by atoms with Gasteiger partial charge in [-0.05, 0) is 84.0 Å². The molecule has 0 saturated carbocycles. The van der Waals surface area contributed by atoms with E-state index in [9.17, 15) is 9.59 Å². The van der Waals surface area contributed by atoms with Crippen molar-refractivity contribution >= 4 is 34.4 Å². The first kappa shape index (κ1) is 25.9. The van der Waals surface area contributed by atoms with Crippen molar-refractivity contribution in [1.29, 1.82) is 0 Å². The lowest BCUT2D eigenvalue weighted by Gasteiger charge is -2.15. The van der Waals surface area contributed by atoms with Crippen LogP contribution in [0.15, 0.2) is 66.4 Å². The zero-order chi connectivity index (χ0) is 27.5. The van der Waals surface area contributed by atoms with Crippen LogP contribution in [0, 0.1) is 0 Å². The van der Waals surface area contributed by atoms with E-state index in [-0.39, 0.29) is 18.5 Å². The predicted molar refractivity (Wildman–Crippen MR) is 149 cm³/mol. The lowest BCUT2D eigenvalue weighted by Crippen LogP contribution is -2.37. The lowest BCUT2D eigenvalue weighted by molar-refractivity contribution is -0.117. The Hall–Kier alpha value is -4.76. The van der Waals surface area contributed by atoms with Crippen molar-refractivity contribution in [2.24, 2.45) is 5.73 Å². The fraction of sp³-hybridized carbons (Fsp3) is 0.200. The third-order valence-electron chi connectivity index (χ3n) is 6.55. The van der Waals surface area contributed by atoms with Gasteiger partial charge in [-0.3, -0.25) is 9.59 Å². The molecular weight excluding hydrogens is 498 g/mol. The monoisotopic (exact) mass is 527 g/mol. The number of amides is 1. The molecule has 1 aliphatic rings. The molecule has 9 nitrogen and oxygen atoms in total. The molecule has 200 valence electrons. The van der Waals surface area contributed by atoms with Gasteiger partial charge in [0.1, 0.15) is 5.75 Å². The van der Waals surface area contributed by atoms with Gasteiger partial charge in [-0.1, -0.05) is 12.1 Å². The average molecular weight is 528 g/mol. The second-order valence-corrected chi connectivity index (χ2v) is 9.23. The minimum atomic E-state index is -0.769. The average Bonchev–Trinajstić information content (AvgIpc) is 3.61. The summed E-state index contributed by atoms with van der Waals surface area (Å²) in [7, 11) is 3.03. The van der Waals surface area contributed by atoms with Crippen molar-refractivity contribution in [3.05, 3.63) is 83.1 Å². The third-order valence-corrected chi connectivity index (χ3v) is 6.55. The fourth-order valence-electron chi connectivity index (χ4n) is 4.52. The molecule has 2 heterocycles. The number of nitrogens with two attached hydrogens (primary N) is 1. The summed E-state index contributed by atoms with van der Waals surface area (Å²) in [6.07, 6.45) is 3.98. The summed E-state index contributed by atoms with van der Waals surface area (Å²) in [5.74, 6) is 1.31. The number of aromatic amines is 1. The Morgan fingerprint density at radius 2 is 1.87 bits per heavy atom. The van der Waals surface area contributed by atoms with Crippen molar-refractivity contribution in [2.45, 2.75) is 19.4 Å². The second kappa shape index (κ2) is 10.9. The van der Waals surface area contributed by atoms with Crippen LogP contribution in [0.25, 0.3) is 17.0 Å². The van der Waals surface area contributed by atoms with Crippen LogP contribution in [0.2, 0.25) is 0 Å². The fourth-order valence-corrected chi connectivity index (χ4v) is 4.52. The topological polar surface area (TPSA) is 125 Å². The number of hydrogen-bond acceptors (Lipinski definition) is 7. The number of methoxy groups -OCH3 is 2. The van der Waals surface area contributed by atoms with Gasteiger partial charge in [0.25, 0.3) is 0 Å². The molecule has 4 N–H and O–H groups in total. The molecular formula is C30H29N3O6. The van der Waals surface area contributed by atoms with E-state index in [0.717, 1.165) is 16.5 Å². The van der Waals surface area contributed by atoms with E-state index >= 15 is 0 Å². The number of nitrogens with one attached hydrogen (secondary N) is 2. The molecule has 1 atom stereocenters. The van der Waals surface area contributed by atoms with Crippen LogP contribution in [0.1, 0.15) is 28.4 Å². The van der Waals surface area contributed by atoms with E-state index in [1.165, 1.54) is 14.2 Å². The summed E-state index contributed by atoms with van der Waals surface area (Å²) in [6, 6.07) is 15.7. The summed E-state index contributed by atoms with van der Waals surface area (Å²) in [6.45, 7) is 1.80. The molecule has 9 heteroatoms. The maximum atomic E-state index is 13.2. The third kappa shape index (κ3) is 5.44. The lowest BCUT2D eigenvalue weighted by atomic mass is 10.0. The first-order valence-corrected chi connectivity index (χ1v) is 12.4. The summed E-state index contributed by atoms with van der Waals surface area (Å²) in [5.41, 5.74) is 10.3. The molecule has 39 heavy (non-hydrogen) atoms. The van der Waals surface area contributed by atoms with Crippen molar-refractivity contribution in [2.75, 3.05) is 26.3 Å². The van der Waals surface area contributed by atoms with E-state index in [0.29, 0.717) is 51.8 Å². The van der Waals surface area contributed by atoms with Crippen LogP contribution in [-0.4, -0.2) is 43.7 Å². The van der Waals surface area contributed by atoms with Crippen molar-refractivity contribution in [3.63, 3.8) is 0 Å². The normalized spacial score (nSPS) is 13.3. The Balaban J connectivity index is 1.32. The predicted octanol–water partition coefficient (Wildman–Crippen LogP) is 4.71. The van der Waals surface area contributed by atoms with E-state index < -0.39 is 6.04 Å². The number of fused-ring (bicyclic) bond motifs is 2. The zero-order valence-electron chi connectivity index (χ0n) is 21.9.